The molecule has 15 heavy (non-hydrogen) atoms. The second-order valence-electron chi connectivity index (χ2n) is 4.29. The van der Waals surface area contributed by atoms with Crippen molar-refractivity contribution in [1.82, 2.24) is 10.2 Å². The van der Waals surface area contributed by atoms with E-state index in [9.17, 15) is 5.11 Å². The van der Waals surface area contributed by atoms with Gasteiger partial charge in [-0.05, 0) is 11.1 Å². The van der Waals surface area contributed by atoms with Gasteiger partial charge in [0, 0.05) is 25.7 Å². The quantitative estimate of drug-likeness (QED) is 0.706. The Balaban J connectivity index is 2.05. The molecular formula is C12H16N2O. The number of aliphatic hydroxyl groups is 1. The first kappa shape index (κ1) is 9.33. The van der Waals surface area contributed by atoms with Gasteiger partial charge < -0.3 is 10.4 Å². The SMILES string of the molecule is OCC1c2ccccc2C2CNCCN12. The minimum atomic E-state index is 0.216. The average Bonchev–Trinajstić information content (AvgIpc) is 2.63. The zero-order valence-electron chi connectivity index (χ0n) is 8.69. The van der Waals surface area contributed by atoms with Gasteiger partial charge in [0.2, 0.25) is 0 Å². The van der Waals surface area contributed by atoms with Gasteiger partial charge in [-0.3, -0.25) is 4.90 Å². The Kier molecular flexibility index (Phi) is 2.24. The lowest BCUT2D eigenvalue weighted by Crippen LogP contribution is -2.44. The Bertz CT molecular complexity index is 341. The minimum Gasteiger partial charge on any atom is -0.394 e. The molecule has 0 saturated carbocycles. The van der Waals surface area contributed by atoms with Crippen LogP contribution in [-0.2, 0) is 0 Å². The van der Waals surface area contributed by atoms with Crippen LogP contribution in [0.25, 0.3) is 0 Å². The predicted molar refractivity (Wildman–Crippen MR) is 58.6 cm³/mol. The Hall–Kier alpha value is -0.900. The maximum atomic E-state index is 9.49. The van der Waals surface area contributed by atoms with Gasteiger partial charge in [0.15, 0.2) is 0 Å². The molecule has 0 bridgehead atoms. The molecule has 80 valence electrons. The van der Waals surface area contributed by atoms with Crippen LogP contribution >= 0.6 is 0 Å². The second kappa shape index (κ2) is 3.59. The summed E-state index contributed by atoms with van der Waals surface area (Å²) in [5.41, 5.74) is 2.71. The van der Waals surface area contributed by atoms with Crippen molar-refractivity contribution in [2.75, 3.05) is 26.2 Å². The first-order valence-electron chi connectivity index (χ1n) is 5.58. The van der Waals surface area contributed by atoms with Crippen LogP contribution in [0.15, 0.2) is 24.3 Å². The van der Waals surface area contributed by atoms with Crippen LogP contribution in [0.3, 0.4) is 0 Å². The molecule has 0 spiro atoms. The van der Waals surface area contributed by atoms with Gasteiger partial charge in [0.1, 0.15) is 0 Å². The molecule has 2 heterocycles. The first-order chi connectivity index (χ1) is 7.42. The molecule has 2 atom stereocenters. The van der Waals surface area contributed by atoms with Gasteiger partial charge in [-0.15, -0.1) is 0 Å². The fraction of sp³-hybridized carbons (Fsp3) is 0.500. The normalized spacial score (nSPS) is 29.9. The van der Waals surface area contributed by atoms with Crippen molar-refractivity contribution in [3.8, 4) is 0 Å². The fourth-order valence-corrected chi connectivity index (χ4v) is 2.88. The van der Waals surface area contributed by atoms with Gasteiger partial charge in [-0.2, -0.15) is 0 Å². The lowest BCUT2D eigenvalue weighted by Gasteiger charge is -2.34. The molecule has 1 fully saturated rings. The standard InChI is InChI=1S/C12H16N2O/c15-8-12-10-4-2-1-3-9(10)11-7-13-5-6-14(11)12/h1-4,11-13,15H,5-8H2. The van der Waals surface area contributed by atoms with Crippen molar-refractivity contribution in [2.24, 2.45) is 0 Å². The summed E-state index contributed by atoms with van der Waals surface area (Å²) >= 11 is 0. The molecule has 3 rings (SSSR count). The minimum absolute atomic E-state index is 0.216. The number of piperazine rings is 1. The summed E-state index contributed by atoms with van der Waals surface area (Å²) in [5, 5.41) is 12.9. The van der Waals surface area contributed by atoms with Gasteiger partial charge >= 0.3 is 0 Å². The summed E-state index contributed by atoms with van der Waals surface area (Å²) < 4.78 is 0. The molecule has 2 unspecified atom stereocenters. The van der Waals surface area contributed by atoms with Gasteiger partial charge in [-0.25, -0.2) is 0 Å². The molecule has 1 saturated heterocycles. The average molecular weight is 204 g/mol. The molecule has 0 radical (unpaired) electrons. The fourth-order valence-electron chi connectivity index (χ4n) is 2.88. The van der Waals surface area contributed by atoms with Crippen molar-refractivity contribution < 1.29 is 5.11 Å². The first-order valence-corrected chi connectivity index (χ1v) is 5.58. The molecule has 3 heteroatoms. The molecular weight excluding hydrogens is 188 g/mol. The highest BCUT2D eigenvalue weighted by molar-refractivity contribution is 5.38. The lowest BCUT2D eigenvalue weighted by atomic mass is 10.0. The number of benzene rings is 1. The second-order valence-corrected chi connectivity index (χ2v) is 4.29. The van der Waals surface area contributed by atoms with E-state index in [1.165, 1.54) is 11.1 Å². The van der Waals surface area contributed by atoms with E-state index in [2.05, 4.69) is 34.5 Å². The summed E-state index contributed by atoms with van der Waals surface area (Å²) in [5.74, 6) is 0. The summed E-state index contributed by atoms with van der Waals surface area (Å²) in [7, 11) is 0. The van der Waals surface area contributed by atoms with E-state index in [1.54, 1.807) is 0 Å². The largest absolute Gasteiger partial charge is 0.394 e. The lowest BCUT2D eigenvalue weighted by molar-refractivity contribution is 0.0866. The molecule has 2 aliphatic heterocycles. The maximum absolute atomic E-state index is 9.49. The van der Waals surface area contributed by atoms with E-state index in [4.69, 9.17) is 0 Å². The van der Waals surface area contributed by atoms with Crippen LogP contribution in [0, 0.1) is 0 Å². The van der Waals surface area contributed by atoms with Crippen molar-refractivity contribution in [3.63, 3.8) is 0 Å². The van der Waals surface area contributed by atoms with E-state index in [-0.39, 0.29) is 12.6 Å². The third kappa shape index (κ3) is 1.31. The number of hydrogen-bond donors (Lipinski definition) is 2. The highest BCUT2D eigenvalue weighted by atomic mass is 16.3. The molecule has 3 nitrogen and oxygen atoms in total. The number of aliphatic hydroxyl groups excluding tert-OH is 1. The molecule has 1 aromatic carbocycles. The molecule has 1 aromatic rings. The molecule has 2 aliphatic rings. The Labute approximate surface area is 89.7 Å². The Morgan fingerprint density at radius 3 is 2.93 bits per heavy atom. The molecule has 0 amide bonds. The van der Waals surface area contributed by atoms with E-state index in [0.717, 1.165) is 19.6 Å². The maximum Gasteiger partial charge on any atom is 0.0628 e. The monoisotopic (exact) mass is 204 g/mol. The van der Waals surface area contributed by atoms with Crippen molar-refractivity contribution in [1.29, 1.82) is 0 Å². The summed E-state index contributed by atoms with van der Waals surface area (Å²) in [6, 6.07) is 9.17. The summed E-state index contributed by atoms with van der Waals surface area (Å²) in [4.78, 5) is 2.42. The Morgan fingerprint density at radius 2 is 2.13 bits per heavy atom. The number of hydrogen-bond acceptors (Lipinski definition) is 3. The zero-order chi connectivity index (χ0) is 10.3. The van der Waals surface area contributed by atoms with E-state index in [1.807, 2.05) is 0 Å². The topological polar surface area (TPSA) is 35.5 Å². The molecule has 0 aliphatic carbocycles. The zero-order valence-corrected chi connectivity index (χ0v) is 8.69. The van der Waals surface area contributed by atoms with Crippen LogP contribution in [-0.4, -0.2) is 36.2 Å². The van der Waals surface area contributed by atoms with E-state index in [0.29, 0.717) is 6.04 Å². The molecule has 2 N–H and O–H groups in total. The van der Waals surface area contributed by atoms with E-state index < -0.39 is 0 Å². The number of rotatable bonds is 1. The van der Waals surface area contributed by atoms with Gasteiger partial charge in [0.25, 0.3) is 0 Å². The van der Waals surface area contributed by atoms with E-state index >= 15 is 0 Å². The van der Waals surface area contributed by atoms with Crippen LogP contribution in [0.2, 0.25) is 0 Å². The smallest absolute Gasteiger partial charge is 0.0628 e. The van der Waals surface area contributed by atoms with Gasteiger partial charge in [-0.1, -0.05) is 24.3 Å². The van der Waals surface area contributed by atoms with Crippen molar-refractivity contribution in [2.45, 2.75) is 12.1 Å². The van der Waals surface area contributed by atoms with Crippen molar-refractivity contribution in [3.05, 3.63) is 35.4 Å². The highest BCUT2D eigenvalue weighted by Gasteiger charge is 2.38. The number of fused-ring (bicyclic) bond motifs is 3. The Morgan fingerprint density at radius 1 is 1.33 bits per heavy atom. The number of nitrogens with zero attached hydrogens (tertiary/aromatic N) is 1. The summed E-state index contributed by atoms with van der Waals surface area (Å²) in [6.07, 6.45) is 0. The van der Waals surface area contributed by atoms with Gasteiger partial charge in [0.05, 0.1) is 12.6 Å². The number of nitrogens with one attached hydrogen (secondary N) is 1. The summed E-state index contributed by atoms with van der Waals surface area (Å²) in [6.45, 7) is 3.30. The van der Waals surface area contributed by atoms with Crippen LogP contribution in [0.1, 0.15) is 23.2 Å². The van der Waals surface area contributed by atoms with Crippen LogP contribution < -0.4 is 5.32 Å². The van der Waals surface area contributed by atoms with Crippen LogP contribution in [0.4, 0.5) is 0 Å². The van der Waals surface area contributed by atoms with Crippen LogP contribution in [0.5, 0.6) is 0 Å². The predicted octanol–water partition coefficient (Wildman–Crippen LogP) is 0.680. The highest BCUT2D eigenvalue weighted by Crippen LogP contribution is 2.41. The third-order valence-electron chi connectivity index (χ3n) is 3.57. The van der Waals surface area contributed by atoms with Crippen molar-refractivity contribution >= 4 is 0 Å². The molecule has 0 aromatic heterocycles. The third-order valence-corrected chi connectivity index (χ3v) is 3.57.